The van der Waals surface area contributed by atoms with Crippen LogP contribution in [0.4, 0.5) is 5.82 Å². The van der Waals surface area contributed by atoms with E-state index in [0.29, 0.717) is 47.5 Å². The van der Waals surface area contributed by atoms with Crippen molar-refractivity contribution in [3.63, 3.8) is 0 Å². The van der Waals surface area contributed by atoms with Crippen molar-refractivity contribution in [3.8, 4) is 5.75 Å². The number of piperazine rings is 1. The lowest BCUT2D eigenvalue weighted by Crippen LogP contribution is -2.49. The topological polar surface area (TPSA) is 45.7 Å². The number of hydrogen-bond acceptors (Lipinski definition) is 4. The van der Waals surface area contributed by atoms with E-state index < -0.39 is 0 Å². The number of carbonyl (C=O) groups is 1. The molecule has 0 N–H and O–H groups in total. The predicted molar refractivity (Wildman–Crippen MR) is 113 cm³/mol. The molecule has 2 heterocycles. The van der Waals surface area contributed by atoms with Gasteiger partial charge in [0.05, 0.1) is 22.7 Å². The summed E-state index contributed by atoms with van der Waals surface area (Å²) in [7, 11) is 1.48. The molecule has 1 aromatic heterocycles. The molecule has 1 saturated heterocycles. The third-order valence-corrected chi connectivity index (χ3v) is 5.56. The Bertz CT molecular complexity index is 1030. The first-order chi connectivity index (χ1) is 13.6. The quantitative estimate of drug-likeness (QED) is 0.630. The van der Waals surface area contributed by atoms with E-state index in [1.165, 1.54) is 7.11 Å². The van der Waals surface area contributed by atoms with Gasteiger partial charge in [-0.3, -0.25) is 4.79 Å². The van der Waals surface area contributed by atoms with Crippen LogP contribution < -0.4 is 9.64 Å². The molecule has 2 aromatic carbocycles. The minimum Gasteiger partial charge on any atom is -0.494 e. The van der Waals surface area contributed by atoms with E-state index in [4.69, 9.17) is 32.9 Å². The molecule has 0 unspecified atom stereocenters. The molecule has 3 aromatic rings. The van der Waals surface area contributed by atoms with Gasteiger partial charge in [0.15, 0.2) is 5.75 Å². The molecule has 0 spiro atoms. The molecule has 1 aliphatic rings. The number of amides is 1. The number of hydrogen-bond donors (Lipinski definition) is 0. The Balaban J connectivity index is 1.51. The SMILES string of the molecule is COc1c(Cl)ccc(Cl)c1C(=O)N1CCN(c2ccc3ccccc3n2)CC1. The van der Waals surface area contributed by atoms with Crippen LogP contribution in [0, 0.1) is 0 Å². The minimum atomic E-state index is -0.171. The Morgan fingerprint density at radius 2 is 1.68 bits per heavy atom. The molecule has 1 fully saturated rings. The second-order valence-electron chi connectivity index (χ2n) is 6.58. The number of benzene rings is 2. The number of anilines is 1. The van der Waals surface area contributed by atoms with Crippen molar-refractivity contribution >= 4 is 45.8 Å². The van der Waals surface area contributed by atoms with Gasteiger partial charge in [-0.25, -0.2) is 4.98 Å². The molecule has 0 radical (unpaired) electrons. The number of fused-ring (bicyclic) bond motifs is 1. The van der Waals surface area contributed by atoms with E-state index in [9.17, 15) is 4.79 Å². The molecule has 28 heavy (non-hydrogen) atoms. The summed E-state index contributed by atoms with van der Waals surface area (Å²) in [6, 6.07) is 15.4. The maximum atomic E-state index is 13.0. The summed E-state index contributed by atoms with van der Waals surface area (Å²) in [6.45, 7) is 2.52. The van der Waals surface area contributed by atoms with Crippen LogP contribution in [0.5, 0.6) is 5.75 Å². The average molecular weight is 416 g/mol. The van der Waals surface area contributed by atoms with E-state index in [1.807, 2.05) is 30.3 Å². The number of methoxy groups -OCH3 is 1. The van der Waals surface area contributed by atoms with Gasteiger partial charge in [0, 0.05) is 31.6 Å². The fourth-order valence-corrected chi connectivity index (χ4v) is 3.92. The standard InChI is InChI=1S/C21H19Cl2N3O2/c1-28-20-16(23)8-7-15(22)19(20)21(27)26-12-10-25(11-13-26)18-9-6-14-4-2-3-5-17(14)24-18/h2-9H,10-13H2,1H3. The highest BCUT2D eigenvalue weighted by atomic mass is 35.5. The first-order valence-corrected chi connectivity index (χ1v) is 9.76. The highest BCUT2D eigenvalue weighted by molar-refractivity contribution is 6.37. The highest BCUT2D eigenvalue weighted by Gasteiger charge is 2.27. The molecule has 4 rings (SSSR count). The van der Waals surface area contributed by atoms with E-state index >= 15 is 0 Å². The Kier molecular flexibility index (Phi) is 5.29. The van der Waals surface area contributed by atoms with Crippen LogP contribution in [0.3, 0.4) is 0 Å². The van der Waals surface area contributed by atoms with Gasteiger partial charge in [-0.15, -0.1) is 0 Å². The fourth-order valence-electron chi connectivity index (χ4n) is 3.46. The summed E-state index contributed by atoms with van der Waals surface area (Å²) < 4.78 is 5.32. The summed E-state index contributed by atoms with van der Waals surface area (Å²) in [5.74, 6) is 1.07. The summed E-state index contributed by atoms with van der Waals surface area (Å²) >= 11 is 12.4. The zero-order valence-corrected chi connectivity index (χ0v) is 16.9. The van der Waals surface area contributed by atoms with E-state index in [-0.39, 0.29) is 5.91 Å². The molecule has 0 saturated carbocycles. The molecule has 0 bridgehead atoms. The average Bonchev–Trinajstić information content (AvgIpc) is 2.74. The third kappa shape index (κ3) is 3.48. The van der Waals surface area contributed by atoms with Crippen molar-refractivity contribution < 1.29 is 9.53 Å². The van der Waals surface area contributed by atoms with E-state index in [1.54, 1.807) is 17.0 Å². The van der Waals surface area contributed by atoms with Crippen molar-refractivity contribution in [1.29, 1.82) is 0 Å². The molecular weight excluding hydrogens is 397 g/mol. The van der Waals surface area contributed by atoms with Crippen LogP contribution in [0.15, 0.2) is 48.5 Å². The first kappa shape index (κ1) is 18.8. The number of para-hydroxylation sites is 1. The zero-order valence-electron chi connectivity index (χ0n) is 15.4. The number of aromatic nitrogens is 1. The molecule has 5 nitrogen and oxygen atoms in total. The molecule has 0 atom stereocenters. The lowest BCUT2D eigenvalue weighted by atomic mass is 10.1. The van der Waals surface area contributed by atoms with Gasteiger partial charge in [-0.05, 0) is 30.3 Å². The summed E-state index contributed by atoms with van der Waals surface area (Å²) in [4.78, 5) is 21.7. The largest absolute Gasteiger partial charge is 0.494 e. The number of pyridine rings is 1. The van der Waals surface area contributed by atoms with Crippen LogP contribution in [0.25, 0.3) is 10.9 Å². The smallest absolute Gasteiger partial charge is 0.259 e. The molecule has 1 aliphatic heterocycles. The summed E-state index contributed by atoms with van der Waals surface area (Å²) in [6.07, 6.45) is 0. The Morgan fingerprint density at radius 1 is 0.964 bits per heavy atom. The first-order valence-electron chi connectivity index (χ1n) is 9.00. The fraction of sp³-hybridized carbons (Fsp3) is 0.238. The Hall–Kier alpha value is -2.50. The van der Waals surface area contributed by atoms with E-state index in [2.05, 4.69) is 11.0 Å². The van der Waals surface area contributed by atoms with Crippen molar-refractivity contribution in [2.75, 3.05) is 38.2 Å². The Morgan fingerprint density at radius 3 is 2.43 bits per heavy atom. The van der Waals surface area contributed by atoms with Gasteiger partial charge >= 0.3 is 0 Å². The van der Waals surface area contributed by atoms with Crippen LogP contribution in [0.1, 0.15) is 10.4 Å². The number of halogens is 2. The molecule has 7 heteroatoms. The lowest BCUT2D eigenvalue weighted by molar-refractivity contribution is 0.0743. The lowest BCUT2D eigenvalue weighted by Gasteiger charge is -2.35. The highest BCUT2D eigenvalue weighted by Crippen LogP contribution is 2.35. The second kappa shape index (κ2) is 7.86. The van der Waals surface area contributed by atoms with Gasteiger partial charge in [0.25, 0.3) is 5.91 Å². The Labute approximate surface area is 173 Å². The van der Waals surface area contributed by atoms with Gasteiger partial charge in [-0.1, -0.05) is 41.4 Å². The van der Waals surface area contributed by atoms with Gasteiger partial charge in [-0.2, -0.15) is 0 Å². The van der Waals surface area contributed by atoms with Crippen LogP contribution in [-0.2, 0) is 0 Å². The van der Waals surface area contributed by atoms with Gasteiger partial charge in [0.2, 0.25) is 0 Å². The number of ether oxygens (including phenoxy) is 1. The van der Waals surface area contributed by atoms with Crippen LogP contribution in [-0.4, -0.2) is 49.1 Å². The molecule has 1 amide bonds. The normalized spacial score (nSPS) is 14.4. The number of carbonyl (C=O) groups excluding carboxylic acids is 1. The van der Waals surface area contributed by atoms with Crippen molar-refractivity contribution in [2.45, 2.75) is 0 Å². The molecular formula is C21H19Cl2N3O2. The van der Waals surface area contributed by atoms with Crippen molar-refractivity contribution in [1.82, 2.24) is 9.88 Å². The van der Waals surface area contributed by atoms with Crippen LogP contribution in [0.2, 0.25) is 10.0 Å². The van der Waals surface area contributed by atoms with Crippen molar-refractivity contribution in [2.24, 2.45) is 0 Å². The monoisotopic (exact) mass is 415 g/mol. The minimum absolute atomic E-state index is 0.171. The number of rotatable bonds is 3. The molecule has 144 valence electrons. The summed E-state index contributed by atoms with van der Waals surface area (Å²) in [5.41, 5.74) is 1.28. The second-order valence-corrected chi connectivity index (χ2v) is 7.39. The molecule has 0 aliphatic carbocycles. The van der Waals surface area contributed by atoms with Gasteiger partial charge in [0.1, 0.15) is 11.4 Å². The van der Waals surface area contributed by atoms with Crippen LogP contribution >= 0.6 is 23.2 Å². The van der Waals surface area contributed by atoms with E-state index in [0.717, 1.165) is 16.7 Å². The predicted octanol–water partition coefficient (Wildman–Crippen LogP) is 4.51. The maximum Gasteiger partial charge on any atom is 0.259 e. The summed E-state index contributed by atoms with van der Waals surface area (Å²) in [5, 5.41) is 1.82. The zero-order chi connectivity index (χ0) is 19.7. The third-order valence-electron chi connectivity index (χ3n) is 4.95. The van der Waals surface area contributed by atoms with Gasteiger partial charge < -0.3 is 14.5 Å². The van der Waals surface area contributed by atoms with Crippen molar-refractivity contribution in [3.05, 3.63) is 64.1 Å². The number of nitrogens with zero attached hydrogens (tertiary/aromatic N) is 3. The maximum absolute atomic E-state index is 13.0.